The smallest absolute Gasteiger partial charge is 0.356 e. The van der Waals surface area contributed by atoms with E-state index < -0.39 is 5.97 Å². The van der Waals surface area contributed by atoms with Crippen molar-refractivity contribution in [2.45, 2.75) is 45.6 Å². The maximum atomic E-state index is 10.9. The zero-order valence-corrected chi connectivity index (χ0v) is 11.8. The number of anilines is 1. The van der Waals surface area contributed by atoms with Crippen LogP contribution < -0.4 is 4.90 Å². The van der Waals surface area contributed by atoms with Crippen LogP contribution in [0, 0.1) is 5.41 Å². The molecule has 0 aliphatic heterocycles. The van der Waals surface area contributed by atoms with Crippen molar-refractivity contribution in [2.24, 2.45) is 5.41 Å². The first-order chi connectivity index (χ1) is 8.89. The van der Waals surface area contributed by atoms with Crippen molar-refractivity contribution in [2.75, 3.05) is 11.9 Å². The number of aromatic nitrogens is 2. The van der Waals surface area contributed by atoms with Crippen LogP contribution in [0.4, 0.5) is 5.82 Å². The fourth-order valence-electron chi connectivity index (χ4n) is 2.59. The van der Waals surface area contributed by atoms with E-state index in [0.717, 1.165) is 12.8 Å². The molecule has 1 N–H and O–H groups in total. The monoisotopic (exact) mass is 263 g/mol. The molecule has 1 aliphatic rings. The topological polar surface area (TPSA) is 66.3 Å². The third-order valence-electron chi connectivity index (χ3n) is 4.06. The Morgan fingerprint density at radius 3 is 2.58 bits per heavy atom. The predicted octanol–water partition coefficient (Wildman–Crippen LogP) is 2.58. The minimum atomic E-state index is -1.03. The van der Waals surface area contributed by atoms with Gasteiger partial charge >= 0.3 is 5.97 Å². The van der Waals surface area contributed by atoms with Crippen LogP contribution in [0.2, 0.25) is 0 Å². The molecule has 0 bridgehead atoms. The zero-order chi connectivity index (χ0) is 14.0. The maximum absolute atomic E-state index is 10.9. The van der Waals surface area contributed by atoms with Crippen molar-refractivity contribution < 1.29 is 9.90 Å². The molecule has 1 saturated carbocycles. The third kappa shape index (κ3) is 3.22. The molecule has 0 unspecified atom stereocenters. The van der Waals surface area contributed by atoms with Gasteiger partial charge in [0.15, 0.2) is 5.69 Å². The Hall–Kier alpha value is -1.65. The molecular weight excluding hydrogens is 242 g/mol. The summed E-state index contributed by atoms with van der Waals surface area (Å²) >= 11 is 0. The van der Waals surface area contributed by atoms with Crippen LogP contribution in [-0.4, -0.2) is 34.1 Å². The van der Waals surface area contributed by atoms with Gasteiger partial charge in [0.05, 0.1) is 12.4 Å². The van der Waals surface area contributed by atoms with Gasteiger partial charge < -0.3 is 10.0 Å². The molecule has 5 nitrogen and oxygen atoms in total. The first kappa shape index (κ1) is 13.8. The number of carboxylic acid groups (broad SMARTS) is 1. The van der Waals surface area contributed by atoms with Crippen LogP contribution in [0.15, 0.2) is 12.4 Å². The first-order valence-corrected chi connectivity index (χ1v) is 6.67. The Morgan fingerprint density at radius 2 is 2.00 bits per heavy atom. The molecule has 1 aromatic rings. The number of carbonyl (C=O) groups is 1. The van der Waals surface area contributed by atoms with Crippen LogP contribution in [0.3, 0.4) is 0 Å². The summed E-state index contributed by atoms with van der Waals surface area (Å²) in [6, 6.07) is 0.423. The van der Waals surface area contributed by atoms with Crippen LogP contribution in [0.1, 0.15) is 50.0 Å². The van der Waals surface area contributed by atoms with Crippen molar-refractivity contribution in [3.05, 3.63) is 18.1 Å². The quantitative estimate of drug-likeness (QED) is 0.908. The average Bonchev–Trinajstić information content (AvgIpc) is 2.38. The Labute approximate surface area is 113 Å². The van der Waals surface area contributed by atoms with Gasteiger partial charge in [-0.3, -0.25) is 4.98 Å². The molecule has 0 aromatic carbocycles. The van der Waals surface area contributed by atoms with Gasteiger partial charge in [-0.25, -0.2) is 9.78 Å². The van der Waals surface area contributed by atoms with Gasteiger partial charge in [0.25, 0.3) is 0 Å². The average molecular weight is 263 g/mol. The maximum Gasteiger partial charge on any atom is 0.356 e. The Balaban J connectivity index is 2.10. The summed E-state index contributed by atoms with van der Waals surface area (Å²) in [5.74, 6) is -0.392. The number of rotatable bonds is 3. The van der Waals surface area contributed by atoms with Crippen molar-refractivity contribution in [1.82, 2.24) is 9.97 Å². The van der Waals surface area contributed by atoms with Crippen LogP contribution in [-0.2, 0) is 0 Å². The van der Waals surface area contributed by atoms with E-state index in [9.17, 15) is 4.79 Å². The number of nitrogens with zero attached hydrogens (tertiary/aromatic N) is 3. The van der Waals surface area contributed by atoms with Crippen LogP contribution >= 0.6 is 0 Å². The van der Waals surface area contributed by atoms with E-state index in [1.54, 1.807) is 6.20 Å². The molecule has 0 saturated heterocycles. The van der Waals surface area contributed by atoms with Crippen LogP contribution in [0.5, 0.6) is 0 Å². The zero-order valence-electron chi connectivity index (χ0n) is 11.8. The van der Waals surface area contributed by atoms with E-state index in [1.807, 2.05) is 7.05 Å². The normalized spacial score (nSPS) is 19.1. The third-order valence-corrected chi connectivity index (χ3v) is 4.06. The number of hydrogen-bond donors (Lipinski definition) is 1. The minimum absolute atomic E-state index is 0.000453. The van der Waals surface area contributed by atoms with Gasteiger partial charge in [0, 0.05) is 13.1 Å². The van der Waals surface area contributed by atoms with Gasteiger partial charge in [0.2, 0.25) is 0 Å². The summed E-state index contributed by atoms with van der Waals surface area (Å²) in [6.45, 7) is 4.60. The summed E-state index contributed by atoms with van der Waals surface area (Å²) in [7, 11) is 1.97. The summed E-state index contributed by atoms with van der Waals surface area (Å²) in [4.78, 5) is 21.1. The van der Waals surface area contributed by atoms with Gasteiger partial charge in [-0.15, -0.1) is 0 Å². The molecule has 1 fully saturated rings. The lowest BCUT2D eigenvalue weighted by molar-refractivity contribution is 0.0690. The molecule has 19 heavy (non-hydrogen) atoms. The summed E-state index contributed by atoms with van der Waals surface area (Å²) in [6.07, 6.45) is 7.52. The molecule has 0 radical (unpaired) electrons. The van der Waals surface area contributed by atoms with E-state index in [1.165, 1.54) is 19.0 Å². The van der Waals surface area contributed by atoms with Gasteiger partial charge in [-0.2, -0.15) is 0 Å². The second-order valence-electron chi connectivity index (χ2n) is 6.07. The highest BCUT2D eigenvalue weighted by Gasteiger charge is 2.29. The molecule has 1 heterocycles. The molecule has 0 amide bonds. The van der Waals surface area contributed by atoms with Crippen molar-refractivity contribution >= 4 is 11.8 Å². The van der Waals surface area contributed by atoms with E-state index in [-0.39, 0.29) is 5.69 Å². The van der Waals surface area contributed by atoms with Crippen molar-refractivity contribution in [3.8, 4) is 0 Å². The lowest BCUT2D eigenvalue weighted by Gasteiger charge is -2.39. The lowest BCUT2D eigenvalue weighted by Crippen LogP contribution is -2.37. The standard InChI is InChI=1S/C14H21N3O2/c1-14(2)6-4-10(5-7-14)17(3)12-9-15-8-11(16-12)13(18)19/h8-10H,4-7H2,1-3H3,(H,18,19). The summed E-state index contributed by atoms with van der Waals surface area (Å²) in [5.41, 5.74) is 0.423. The molecule has 0 atom stereocenters. The van der Waals surface area contributed by atoms with Crippen molar-refractivity contribution in [3.63, 3.8) is 0 Å². The number of hydrogen-bond acceptors (Lipinski definition) is 4. The highest BCUT2D eigenvalue weighted by atomic mass is 16.4. The lowest BCUT2D eigenvalue weighted by atomic mass is 9.75. The number of aromatic carboxylic acids is 1. The molecule has 2 rings (SSSR count). The Bertz CT molecular complexity index is 464. The minimum Gasteiger partial charge on any atom is -0.476 e. The molecular formula is C14H21N3O2. The summed E-state index contributed by atoms with van der Waals surface area (Å²) < 4.78 is 0. The second-order valence-corrected chi connectivity index (χ2v) is 6.07. The van der Waals surface area contributed by atoms with E-state index >= 15 is 0 Å². The Morgan fingerprint density at radius 1 is 1.37 bits per heavy atom. The molecule has 104 valence electrons. The van der Waals surface area contributed by atoms with E-state index in [0.29, 0.717) is 17.3 Å². The fraction of sp³-hybridized carbons (Fsp3) is 0.643. The fourth-order valence-corrected chi connectivity index (χ4v) is 2.59. The molecule has 1 aliphatic carbocycles. The predicted molar refractivity (Wildman–Crippen MR) is 73.4 cm³/mol. The first-order valence-electron chi connectivity index (χ1n) is 6.67. The van der Waals surface area contributed by atoms with Crippen LogP contribution in [0.25, 0.3) is 0 Å². The number of carboxylic acids is 1. The second kappa shape index (κ2) is 5.15. The molecule has 5 heteroatoms. The van der Waals surface area contributed by atoms with Gasteiger partial charge in [0.1, 0.15) is 5.82 Å². The molecule has 0 spiro atoms. The summed E-state index contributed by atoms with van der Waals surface area (Å²) in [5, 5.41) is 8.95. The molecule has 1 aromatic heterocycles. The highest BCUT2D eigenvalue weighted by Crippen LogP contribution is 2.37. The largest absolute Gasteiger partial charge is 0.476 e. The highest BCUT2D eigenvalue weighted by molar-refractivity contribution is 5.85. The van der Waals surface area contributed by atoms with Crippen molar-refractivity contribution in [1.29, 1.82) is 0 Å². The van der Waals surface area contributed by atoms with Gasteiger partial charge in [-0.05, 0) is 31.1 Å². The van der Waals surface area contributed by atoms with E-state index in [4.69, 9.17) is 5.11 Å². The van der Waals surface area contributed by atoms with Gasteiger partial charge in [-0.1, -0.05) is 13.8 Å². The SMILES string of the molecule is CN(c1cncc(C(=O)O)n1)C1CCC(C)(C)CC1. The Kier molecular flexibility index (Phi) is 3.73. The van der Waals surface area contributed by atoms with E-state index in [2.05, 4.69) is 28.7 Å².